The minimum atomic E-state index is 0.493. The Kier molecular flexibility index (Phi) is 3.78. The Hall–Kier alpha value is -1.67. The number of nitrogens with two attached hydrogens (primary N) is 1. The number of ether oxygens (including phenoxy) is 1. The lowest BCUT2D eigenvalue weighted by molar-refractivity contribution is 0.308. The zero-order valence-corrected chi connectivity index (χ0v) is 11.3. The Morgan fingerprint density at radius 3 is 2.39 bits per heavy atom. The van der Waals surface area contributed by atoms with Crippen LogP contribution in [0, 0.1) is 13.8 Å². The van der Waals surface area contributed by atoms with Crippen molar-refractivity contribution in [1.29, 1.82) is 0 Å². The first-order valence-corrected chi connectivity index (χ1v) is 6.17. The molecule has 0 fully saturated rings. The molecule has 0 saturated carbocycles. The molecule has 2 aromatic rings. The lowest BCUT2D eigenvalue weighted by Gasteiger charge is -2.10. The molecular weight excluding hydrogens is 246 g/mol. The number of hydrogen-bond donors (Lipinski definition) is 1. The first-order valence-electron chi connectivity index (χ1n) is 5.79. The van der Waals surface area contributed by atoms with Gasteiger partial charge in [0.15, 0.2) is 0 Å². The van der Waals surface area contributed by atoms with Crippen molar-refractivity contribution in [2.24, 2.45) is 0 Å². The minimum Gasteiger partial charge on any atom is -0.487 e. The third-order valence-electron chi connectivity index (χ3n) is 2.65. The maximum atomic E-state index is 5.91. The molecule has 3 heteroatoms. The van der Waals surface area contributed by atoms with E-state index in [9.17, 15) is 0 Å². The Balaban J connectivity index is 2.13. The van der Waals surface area contributed by atoms with Crippen LogP contribution < -0.4 is 10.5 Å². The monoisotopic (exact) mass is 261 g/mol. The van der Waals surface area contributed by atoms with E-state index < -0.39 is 0 Å². The highest BCUT2D eigenvalue weighted by molar-refractivity contribution is 6.30. The molecule has 0 aromatic heterocycles. The number of halogens is 1. The van der Waals surface area contributed by atoms with Gasteiger partial charge in [0.25, 0.3) is 0 Å². The van der Waals surface area contributed by atoms with E-state index in [4.69, 9.17) is 22.1 Å². The van der Waals surface area contributed by atoms with Crippen molar-refractivity contribution in [2.75, 3.05) is 5.73 Å². The predicted molar refractivity (Wildman–Crippen MR) is 76.1 cm³/mol. The van der Waals surface area contributed by atoms with E-state index in [1.165, 1.54) is 11.1 Å². The molecule has 94 valence electrons. The molecule has 0 amide bonds. The number of rotatable bonds is 3. The molecule has 2 rings (SSSR count). The van der Waals surface area contributed by atoms with E-state index >= 15 is 0 Å². The molecule has 0 radical (unpaired) electrons. The molecule has 18 heavy (non-hydrogen) atoms. The quantitative estimate of drug-likeness (QED) is 0.844. The summed E-state index contributed by atoms with van der Waals surface area (Å²) in [6, 6.07) is 11.6. The first kappa shape index (κ1) is 12.8. The molecular formula is C15H16ClNO. The van der Waals surface area contributed by atoms with Crippen LogP contribution in [0.5, 0.6) is 5.75 Å². The van der Waals surface area contributed by atoms with Crippen LogP contribution in [0.4, 0.5) is 5.69 Å². The fourth-order valence-electron chi connectivity index (χ4n) is 1.95. The number of nitrogen functional groups attached to an aromatic ring is 1. The molecule has 0 aliphatic carbocycles. The summed E-state index contributed by atoms with van der Waals surface area (Å²) in [6.45, 7) is 4.64. The molecule has 0 spiro atoms. The summed E-state index contributed by atoms with van der Waals surface area (Å²) in [7, 11) is 0. The summed E-state index contributed by atoms with van der Waals surface area (Å²) in [6.07, 6.45) is 0. The van der Waals surface area contributed by atoms with E-state index in [1.54, 1.807) is 18.2 Å². The average Bonchev–Trinajstić information content (AvgIpc) is 2.29. The molecule has 2 N–H and O–H groups in total. The van der Waals surface area contributed by atoms with E-state index in [1.807, 2.05) is 0 Å². The van der Waals surface area contributed by atoms with Crippen molar-refractivity contribution in [3.8, 4) is 5.75 Å². The lowest BCUT2D eigenvalue weighted by Crippen LogP contribution is -1.99. The maximum absolute atomic E-state index is 5.91. The molecule has 0 heterocycles. The van der Waals surface area contributed by atoms with E-state index in [0.717, 1.165) is 5.56 Å². The van der Waals surface area contributed by atoms with Crippen molar-refractivity contribution in [2.45, 2.75) is 20.5 Å². The molecule has 0 bridgehead atoms. The van der Waals surface area contributed by atoms with E-state index in [2.05, 4.69) is 32.0 Å². The second kappa shape index (κ2) is 5.32. The third-order valence-corrected chi connectivity index (χ3v) is 2.89. The van der Waals surface area contributed by atoms with Gasteiger partial charge in [-0.25, -0.2) is 0 Å². The summed E-state index contributed by atoms with van der Waals surface area (Å²) in [5.41, 5.74) is 10.0. The molecule has 0 unspecified atom stereocenters. The zero-order valence-electron chi connectivity index (χ0n) is 10.5. The maximum Gasteiger partial charge on any atom is 0.144 e. The average molecular weight is 262 g/mol. The highest BCUT2D eigenvalue weighted by Gasteiger charge is 2.03. The topological polar surface area (TPSA) is 35.2 Å². The zero-order chi connectivity index (χ0) is 13.1. The van der Waals surface area contributed by atoms with Crippen molar-refractivity contribution in [1.82, 2.24) is 0 Å². The minimum absolute atomic E-state index is 0.493. The summed E-state index contributed by atoms with van der Waals surface area (Å²) < 4.78 is 5.70. The van der Waals surface area contributed by atoms with Gasteiger partial charge in [-0.05, 0) is 31.5 Å². The van der Waals surface area contributed by atoms with Gasteiger partial charge in [-0.15, -0.1) is 0 Å². The molecule has 2 aromatic carbocycles. The van der Waals surface area contributed by atoms with Crippen LogP contribution in [-0.2, 0) is 6.61 Å². The van der Waals surface area contributed by atoms with Crippen LogP contribution in [0.3, 0.4) is 0 Å². The van der Waals surface area contributed by atoms with Gasteiger partial charge < -0.3 is 10.5 Å². The van der Waals surface area contributed by atoms with Crippen LogP contribution >= 0.6 is 11.6 Å². The Morgan fingerprint density at radius 2 is 1.72 bits per heavy atom. The van der Waals surface area contributed by atoms with Gasteiger partial charge in [-0.3, -0.25) is 0 Å². The third kappa shape index (κ3) is 3.17. The predicted octanol–water partition coefficient (Wildman–Crippen LogP) is 4.12. The van der Waals surface area contributed by atoms with Crippen molar-refractivity contribution >= 4 is 17.3 Å². The number of anilines is 1. The van der Waals surface area contributed by atoms with Crippen LogP contribution in [0.1, 0.15) is 16.7 Å². The van der Waals surface area contributed by atoms with Crippen molar-refractivity contribution < 1.29 is 4.74 Å². The Labute approximate surface area is 112 Å². The standard InChI is InChI=1S/C15H16ClNO/c1-10-5-11(2)7-12(6-10)9-18-15-8-13(16)3-4-14(15)17/h3-8H,9,17H2,1-2H3. The summed E-state index contributed by atoms with van der Waals surface area (Å²) in [5, 5.41) is 0.625. The highest BCUT2D eigenvalue weighted by atomic mass is 35.5. The fraction of sp³-hybridized carbons (Fsp3) is 0.200. The van der Waals surface area contributed by atoms with Crippen molar-refractivity contribution in [3.05, 3.63) is 58.1 Å². The van der Waals surface area contributed by atoms with Gasteiger partial charge in [-0.1, -0.05) is 40.9 Å². The largest absolute Gasteiger partial charge is 0.487 e. The van der Waals surface area contributed by atoms with Gasteiger partial charge >= 0.3 is 0 Å². The van der Waals surface area contributed by atoms with Crippen LogP contribution in [0.15, 0.2) is 36.4 Å². The first-order chi connectivity index (χ1) is 8.54. The normalized spacial score (nSPS) is 10.4. The fourth-order valence-corrected chi connectivity index (χ4v) is 2.11. The van der Waals surface area contributed by atoms with Crippen LogP contribution in [0.25, 0.3) is 0 Å². The lowest BCUT2D eigenvalue weighted by atomic mass is 10.1. The molecule has 0 atom stereocenters. The highest BCUT2D eigenvalue weighted by Crippen LogP contribution is 2.26. The Bertz CT molecular complexity index is 546. The summed E-state index contributed by atoms with van der Waals surface area (Å²) in [5.74, 6) is 0.627. The summed E-state index contributed by atoms with van der Waals surface area (Å²) in [4.78, 5) is 0. The Morgan fingerprint density at radius 1 is 1.06 bits per heavy atom. The molecule has 2 nitrogen and oxygen atoms in total. The molecule has 0 aliphatic rings. The van der Waals surface area contributed by atoms with Gasteiger partial charge in [0.2, 0.25) is 0 Å². The number of benzene rings is 2. The van der Waals surface area contributed by atoms with Crippen LogP contribution in [-0.4, -0.2) is 0 Å². The van der Waals surface area contributed by atoms with Gasteiger partial charge in [-0.2, -0.15) is 0 Å². The SMILES string of the molecule is Cc1cc(C)cc(COc2cc(Cl)ccc2N)c1. The smallest absolute Gasteiger partial charge is 0.144 e. The number of aryl methyl sites for hydroxylation is 2. The summed E-state index contributed by atoms with van der Waals surface area (Å²) >= 11 is 5.91. The van der Waals surface area contributed by atoms with Gasteiger partial charge in [0, 0.05) is 11.1 Å². The van der Waals surface area contributed by atoms with Crippen molar-refractivity contribution in [3.63, 3.8) is 0 Å². The van der Waals surface area contributed by atoms with E-state index in [0.29, 0.717) is 23.1 Å². The second-order valence-corrected chi connectivity index (χ2v) is 4.90. The second-order valence-electron chi connectivity index (χ2n) is 4.47. The molecule has 0 saturated heterocycles. The van der Waals surface area contributed by atoms with E-state index in [-0.39, 0.29) is 0 Å². The van der Waals surface area contributed by atoms with Gasteiger partial charge in [0.1, 0.15) is 12.4 Å². The number of hydrogen-bond acceptors (Lipinski definition) is 2. The molecule has 0 aliphatic heterocycles. The van der Waals surface area contributed by atoms with Gasteiger partial charge in [0.05, 0.1) is 5.69 Å². The van der Waals surface area contributed by atoms with Crippen LogP contribution in [0.2, 0.25) is 5.02 Å².